The quantitative estimate of drug-likeness (QED) is 0.710. The van der Waals surface area contributed by atoms with E-state index >= 15 is 0 Å². The van der Waals surface area contributed by atoms with Crippen LogP contribution in [0.5, 0.6) is 5.75 Å². The number of nitrogens with zero attached hydrogens (tertiary/aromatic N) is 3. The molecule has 130 valence electrons. The Bertz CT molecular complexity index is 794. The highest BCUT2D eigenvalue weighted by Gasteiger charge is 2.17. The predicted octanol–water partition coefficient (Wildman–Crippen LogP) is 4.42. The summed E-state index contributed by atoms with van der Waals surface area (Å²) < 4.78 is 5.71. The Morgan fingerprint density at radius 3 is 2.56 bits per heavy atom. The fourth-order valence-corrected chi connectivity index (χ4v) is 3.11. The van der Waals surface area contributed by atoms with Crippen molar-refractivity contribution in [3.8, 4) is 5.75 Å². The molecule has 0 saturated carbocycles. The first-order valence-corrected chi connectivity index (χ1v) is 9.05. The zero-order valence-electron chi connectivity index (χ0n) is 14.7. The van der Waals surface area contributed by atoms with Crippen LogP contribution in [0.15, 0.2) is 48.2 Å². The number of ether oxygens (including phenoxy) is 1. The molecule has 0 unspecified atom stereocenters. The zero-order chi connectivity index (χ0) is 17.7. The third-order valence-electron chi connectivity index (χ3n) is 3.62. The fourth-order valence-electron chi connectivity index (χ4n) is 2.15. The molecular weight excluding hydrogens is 332 g/mol. The Kier molecular flexibility index (Phi) is 5.28. The summed E-state index contributed by atoms with van der Waals surface area (Å²) in [5.74, 6) is 0.806. The maximum absolute atomic E-state index is 5.71. The molecule has 0 atom stereocenters. The number of anilines is 1. The molecule has 0 spiro atoms. The molecular formula is C19H22N4OS. The first-order chi connectivity index (χ1) is 12.0. The molecule has 0 aliphatic rings. The number of hydrogen-bond donors (Lipinski definition) is 1. The summed E-state index contributed by atoms with van der Waals surface area (Å²) in [5.41, 5.74) is 3.08. The van der Waals surface area contributed by atoms with Gasteiger partial charge in [0.15, 0.2) is 0 Å². The summed E-state index contributed by atoms with van der Waals surface area (Å²) in [5, 5.41) is 6.63. The van der Waals surface area contributed by atoms with Crippen molar-refractivity contribution in [1.29, 1.82) is 0 Å². The van der Waals surface area contributed by atoms with Crippen LogP contribution in [0.3, 0.4) is 0 Å². The monoisotopic (exact) mass is 354 g/mol. The number of aromatic nitrogens is 3. The van der Waals surface area contributed by atoms with Gasteiger partial charge in [0.1, 0.15) is 17.4 Å². The highest BCUT2D eigenvalue weighted by Crippen LogP contribution is 2.24. The third-order valence-corrected chi connectivity index (χ3v) is 4.47. The van der Waals surface area contributed by atoms with Crippen molar-refractivity contribution in [2.75, 3.05) is 5.32 Å². The van der Waals surface area contributed by atoms with Crippen molar-refractivity contribution in [2.24, 2.45) is 0 Å². The smallest absolute Gasteiger partial charge is 0.132 e. The number of thiazole rings is 1. The van der Waals surface area contributed by atoms with Crippen molar-refractivity contribution in [2.45, 2.75) is 39.3 Å². The largest absolute Gasteiger partial charge is 0.487 e. The van der Waals surface area contributed by atoms with E-state index in [0.29, 0.717) is 6.61 Å². The highest BCUT2D eigenvalue weighted by molar-refractivity contribution is 7.09. The Morgan fingerprint density at radius 1 is 1.12 bits per heavy atom. The second kappa shape index (κ2) is 7.61. The van der Waals surface area contributed by atoms with Crippen LogP contribution in [-0.2, 0) is 18.6 Å². The van der Waals surface area contributed by atoms with Crippen LogP contribution in [0.25, 0.3) is 0 Å². The van der Waals surface area contributed by atoms with E-state index < -0.39 is 0 Å². The van der Waals surface area contributed by atoms with Gasteiger partial charge in [0.25, 0.3) is 0 Å². The SMILES string of the molecule is CC(C)(C)c1csc(CNc2ccc(OCc3cnccn3)cc2)n1. The van der Waals surface area contributed by atoms with Crippen LogP contribution >= 0.6 is 11.3 Å². The minimum absolute atomic E-state index is 0.0941. The fraction of sp³-hybridized carbons (Fsp3) is 0.316. The summed E-state index contributed by atoms with van der Waals surface area (Å²) in [6.07, 6.45) is 5.02. The number of benzene rings is 1. The lowest BCUT2D eigenvalue weighted by Crippen LogP contribution is -2.11. The minimum Gasteiger partial charge on any atom is -0.487 e. The van der Waals surface area contributed by atoms with Gasteiger partial charge in [-0.05, 0) is 24.3 Å². The predicted molar refractivity (Wildman–Crippen MR) is 101 cm³/mol. The molecule has 5 nitrogen and oxygen atoms in total. The first kappa shape index (κ1) is 17.4. The van der Waals surface area contributed by atoms with E-state index in [1.807, 2.05) is 24.3 Å². The molecule has 3 aromatic rings. The molecule has 25 heavy (non-hydrogen) atoms. The molecule has 0 amide bonds. The zero-order valence-corrected chi connectivity index (χ0v) is 15.5. The molecule has 0 fully saturated rings. The number of rotatable bonds is 6. The van der Waals surface area contributed by atoms with Crippen molar-refractivity contribution < 1.29 is 4.74 Å². The Hall–Kier alpha value is -2.47. The van der Waals surface area contributed by atoms with Crippen molar-refractivity contribution >= 4 is 17.0 Å². The molecule has 6 heteroatoms. The van der Waals surface area contributed by atoms with Crippen LogP contribution in [0.4, 0.5) is 5.69 Å². The van der Waals surface area contributed by atoms with E-state index in [2.05, 4.69) is 41.4 Å². The molecule has 3 rings (SSSR count). The van der Waals surface area contributed by atoms with Gasteiger partial charge in [0.05, 0.1) is 24.1 Å². The number of nitrogens with one attached hydrogen (secondary N) is 1. The molecule has 1 aromatic carbocycles. The summed E-state index contributed by atoms with van der Waals surface area (Å²) in [4.78, 5) is 12.9. The molecule has 0 radical (unpaired) electrons. The molecule has 0 saturated heterocycles. The summed E-state index contributed by atoms with van der Waals surface area (Å²) in [7, 11) is 0. The average molecular weight is 354 g/mol. The van der Waals surface area contributed by atoms with Gasteiger partial charge in [-0.3, -0.25) is 9.97 Å². The van der Waals surface area contributed by atoms with Gasteiger partial charge in [0, 0.05) is 28.9 Å². The van der Waals surface area contributed by atoms with Gasteiger partial charge in [0.2, 0.25) is 0 Å². The summed E-state index contributed by atoms with van der Waals surface area (Å²) in [6, 6.07) is 7.90. The van der Waals surface area contributed by atoms with Gasteiger partial charge in [-0.1, -0.05) is 20.8 Å². The third kappa shape index (κ3) is 5.00. The van der Waals surface area contributed by atoms with Gasteiger partial charge in [-0.25, -0.2) is 4.98 Å². The van der Waals surface area contributed by atoms with E-state index in [-0.39, 0.29) is 5.41 Å². The molecule has 0 bridgehead atoms. The highest BCUT2D eigenvalue weighted by atomic mass is 32.1. The number of hydrogen-bond acceptors (Lipinski definition) is 6. The van der Waals surface area contributed by atoms with Crippen molar-refractivity contribution in [1.82, 2.24) is 15.0 Å². The van der Waals surface area contributed by atoms with E-state index in [0.717, 1.165) is 34.4 Å². The summed E-state index contributed by atoms with van der Waals surface area (Å²) in [6.45, 7) is 7.67. The molecule has 2 heterocycles. The molecule has 0 aliphatic heterocycles. The van der Waals surface area contributed by atoms with E-state index in [1.165, 1.54) is 0 Å². The lowest BCUT2D eigenvalue weighted by atomic mass is 9.93. The van der Waals surface area contributed by atoms with Crippen molar-refractivity contribution in [3.63, 3.8) is 0 Å². The molecule has 0 aliphatic carbocycles. The van der Waals surface area contributed by atoms with E-state index in [1.54, 1.807) is 29.9 Å². The van der Waals surface area contributed by atoms with Crippen LogP contribution in [0.1, 0.15) is 37.2 Å². The standard InChI is InChI=1S/C19H22N4OS/c1-19(2,3)17-13-25-18(23-17)11-22-14-4-6-16(7-5-14)24-12-15-10-20-8-9-21-15/h4-10,13,22H,11-12H2,1-3H3. The van der Waals surface area contributed by atoms with Crippen LogP contribution < -0.4 is 10.1 Å². The van der Waals surface area contributed by atoms with E-state index in [9.17, 15) is 0 Å². The normalized spacial score (nSPS) is 11.3. The maximum atomic E-state index is 5.71. The van der Waals surface area contributed by atoms with Gasteiger partial charge in [-0.15, -0.1) is 11.3 Å². The van der Waals surface area contributed by atoms with Crippen molar-refractivity contribution in [3.05, 3.63) is 64.6 Å². The van der Waals surface area contributed by atoms with Crippen LogP contribution in [0.2, 0.25) is 0 Å². The van der Waals surface area contributed by atoms with E-state index in [4.69, 9.17) is 9.72 Å². The first-order valence-electron chi connectivity index (χ1n) is 8.17. The Morgan fingerprint density at radius 2 is 1.92 bits per heavy atom. The lowest BCUT2D eigenvalue weighted by Gasteiger charge is -2.14. The van der Waals surface area contributed by atoms with Gasteiger partial charge in [-0.2, -0.15) is 0 Å². The Balaban J connectivity index is 1.51. The minimum atomic E-state index is 0.0941. The maximum Gasteiger partial charge on any atom is 0.132 e. The lowest BCUT2D eigenvalue weighted by molar-refractivity contribution is 0.301. The second-order valence-electron chi connectivity index (χ2n) is 6.74. The van der Waals surface area contributed by atoms with Gasteiger partial charge >= 0.3 is 0 Å². The summed E-state index contributed by atoms with van der Waals surface area (Å²) >= 11 is 1.69. The second-order valence-corrected chi connectivity index (χ2v) is 7.68. The topological polar surface area (TPSA) is 59.9 Å². The van der Waals surface area contributed by atoms with Crippen LogP contribution in [0, 0.1) is 0 Å². The molecule has 2 aromatic heterocycles. The van der Waals surface area contributed by atoms with Crippen LogP contribution in [-0.4, -0.2) is 15.0 Å². The van der Waals surface area contributed by atoms with Gasteiger partial charge < -0.3 is 10.1 Å². The average Bonchev–Trinajstić information content (AvgIpc) is 3.09. The molecule has 1 N–H and O–H groups in total. The Labute approximate surface area is 152 Å².